The number of halogens is 2. The largest absolute Gasteiger partial charge is 0.321 e. The van der Waals surface area contributed by atoms with Crippen LogP contribution >= 0.6 is 0 Å². The van der Waals surface area contributed by atoms with E-state index in [2.05, 4.69) is 15.1 Å². The van der Waals surface area contributed by atoms with Crippen LogP contribution in [0.1, 0.15) is 16.1 Å². The summed E-state index contributed by atoms with van der Waals surface area (Å²) in [6, 6.07) is 16.9. The van der Waals surface area contributed by atoms with Gasteiger partial charge in [0, 0.05) is 11.8 Å². The number of anilines is 2. The van der Waals surface area contributed by atoms with Crippen molar-refractivity contribution in [3.05, 3.63) is 112 Å². The number of aromatic nitrogens is 2. The van der Waals surface area contributed by atoms with Gasteiger partial charge < -0.3 is 5.32 Å². The highest BCUT2D eigenvalue weighted by Crippen LogP contribution is 2.24. The van der Waals surface area contributed by atoms with Crippen molar-refractivity contribution in [3.63, 3.8) is 0 Å². The smallest absolute Gasteiger partial charge is 0.276 e. The molecule has 0 radical (unpaired) electrons. The van der Waals surface area contributed by atoms with Crippen LogP contribution < -0.4 is 15.6 Å². The maximum Gasteiger partial charge on any atom is 0.276 e. The molecule has 35 heavy (non-hydrogen) atoms. The molecule has 0 aliphatic heterocycles. The van der Waals surface area contributed by atoms with Gasteiger partial charge in [0.15, 0.2) is 0 Å². The quantitative estimate of drug-likeness (QED) is 0.421. The van der Waals surface area contributed by atoms with E-state index in [-0.39, 0.29) is 27.7 Å². The lowest BCUT2D eigenvalue weighted by molar-refractivity contribution is 0.102. The number of rotatable bonds is 6. The molecule has 0 spiro atoms. The highest BCUT2D eigenvalue weighted by atomic mass is 32.2. The fraction of sp³-hybridized carbons (Fsp3) is 0.0417. The number of hydrogen-bond donors (Lipinski definition) is 2. The van der Waals surface area contributed by atoms with E-state index in [1.807, 2.05) is 0 Å². The average Bonchev–Trinajstić information content (AvgIpc) is 2.82. The van der Waals surface area contributed by atoms with Crippen molar-refractivity contribution >= 4 is 27.3 Å². The number of aryl methyl sites for hydroxylation is 1. The minimum Gasteiger partial charge on any atom is -0.321 e. The lowest BCUT2D eigenvalue weighted by Crippen LogP contribution is -2.25. The summed E-state index contributed by atoms with van der Waals surface area (Å²) in [5.74, 6) is -1.94. The Hall–Kier alpha value is -4.38. The third kappa shape index (κ3) is 5.25. The summed E-state index contributed by atoms with van der Waals surface area (Å²) in [5, 5.41) is 6.56. The number of para-hydroxylation sites is 1. The molecule has 1 aromatic heterocycles. The molecule has 1 amide bonds. The van der Waals surface area contributed by atoms with E-state index in [9.17, 15) is 26.8 Å². The van der Waals surface area contributed by atoms with Crippen LogP contribution in [0.3, 0.4) is 0 Å². The zero-order chi connectivity index (χ0) is 25.2. The second-order valence-electron chi connectivity index (χ2n) is 7.46. The van der Waals surface area contributed by atoms with Crippen LogP contribution in [0, 0.1) is 18.6 Å². The van der Waals surface area contributed by atoms with E-state index >= 15 is 0 Å². The third-order valence-corrected chi connectivity index (χ3v) is 6.47. The highest BCUT2D eigenvalue weighted by Gasteiger charge is 2.20. The maximum absolute atomic E-state index is 13.9. The van der Waals surface area contributed by atoms with Crippen molar-refractivity contribution in [1.82, 2.24) is 9.78 Å². The van der Waals surface area contributed by atoms with Crippen molar-refractivity contribution in [1.29, 1.82) is 0 Å². The normalized spacial score (nSPS) is 11.2. The van der Waals surface area contributed by atoms with Crippen molar-refractivity contribution in [2.24, 2.45) is 0 Å². The van der Waals surface area contributed by atoms with E-state index in [0.29, 0.717) is 5.56 Å². The average molecular weight is 496 g/mol. The van der Waals surface area contributed by atoms with E-state index < -0.39 is 33.1 Å². The first-order chi connectivity index (χ1) is 16.6. The minimum atomic E-state index is -4.17. The molecular weight excluding hydrogens is 478 g/mol. The molecular formula is C24H18F2N4O4S. The summed E-state index contributed by atoms with van der Waals surface area (Å²) in [5.41, 5.74) is -0.118. The lowest BCUT2D eigenvalue weighted by atomic mass is 10.2. The predicted octanol–water partition coefficient (Wildman–Crippen LogP) is 3.87. The number of nitrogens with zero attached hydrogens (tertiary/aromatic N) is 2. The van der Waals surface area contributed by atoms with Crippen LogP contribution in [0.15, 0.2) is 88.6 Å². The third-order valence-electron chi connectivity index (χ3n) is 4.96. The standard InChI is InChI=1S/C24H18F2N4O4S/c1-15-6-9-17(14-22(15)35(33,34)29-20-5-3-2-4-19(20)26)27-24(32)21-12-13-23(31)30(28-21)18-10-7-16(25)8-11-18/h2-14,29H,1H3,(H,27,32). The lowest BCUT2D eigenvalue weighted by Gasteiger charge is -2.13. The van der Waals surface area contributed by atoms with Gasteiger partial charge in [0.2, 0.25) is 0 Å². The fourth-order valence-electron chi connectivity index (χ4n) is 3.21. The van der Waals surface area contributed by atoms with E-state index in [1.54, 1.807) is 6.92 Å². The first kappa shape index (κ1) is 23.8. The number of amides is 1. The Labute approximate surface area is 198 Å². The topological polar surface area (TPSA) is 110 Å². The monoisotopic (exact) mass is 496 g/mol. The van der Waals surface area contributed by atoms with E-state index in [4.69, 9.17) is 0 Å². The molecule has 4 aromatic rings. The van der Waals surface area contributed by atoms with Gasteiger partial charge >= 0.3 is 0 Å². The fourth-order valence-corrected chi connectivity index (χ4v) is 4.54. The molecule has 0 saturated heterocycles. The summed E-state index contributed by atoms with van der Waals surface area (Å²) >= 11 is 0. The van der Waals surface area contributed by atoms with E-state index in [1.165, 1.54) is 54.6 Å². The second kappa shape index (κ2) is 9.47. The highest BCUT2D eigenvalue weighted by molar-refractivity contribution is 7.92. The zero-order valence-electron chi connectivity index (χ0n) is 18.2. The van der Waals surface area contributed by atoms with Crippen LogP contribution in [-0.4, -0.2) is 24.1 Å². The number of sulfonamides is 1. The van der Waals surface area contributed by atoms with Crippen molar-refractivity contribution in [2.75, 3.05) is 10.0 Å². The molecule has 4 rings (SSSR count). The van der Waals surface area contributed by atoms with Gasteiger partial charge in [-0.05, 0) is 67.1 Å². The molecule has 3 aromatic carbocycles. The summed E-state index contributed by atoms with van der Waals surface area (Å²) in [7, 11) is -4.17. The molecule has 0 atom stereocenters. The summed E-state index contributed by atoms with van der Waals surface area (Å²) in [6.07, 6.45) is 0. The summed E-state index contributed by atoms with van der Waals surface area (Å²) in [4.78, 5) is 24.8. The molecule has 1 heterocycles. The number of carbonyl (C=O) groups is 1. The molecule has 0 fully saturated rings. The van der Waals surface area contributed by atoms with Gasteiger partial charge in [-0.15, -0.1) is 0 Å². The predicted molar refractivity (Wildman–Crippen MR) is 126 cm³/mol. The van der Waals surface area contributed by atoms with Crippen molar-refractivity contribution in [2.45, 2.75) is 11.8 Å². The molecule has 2 N–H and O–H groups in total. The number of benzene rings is 3. The Morgan fingerprint density at radius 1 is 0.943 bits per heavy atom. The van der Waals surface area contributed by atoms with Crippen LogP contribution in [0.5, 0.6) is 0 Å². The number of nitrogens with one attached hydrogen (secondary N) is 2. The van der Waals surface area contributed by atoms with Gasteiger partial charge in [0.05, 0.1) is 16.3 Å². The van der Waals surface area contributed by atoms with Gasteiger partial charge in [0.1, 0.15) is 17.3 Å². The summed E-state index contributed by atoms with van der Waals surface area (Å²) in [6.45, 7) is 1.56. The van der Waals surface area contributed by atoms with E-state index in [0.717, 1.165) is 28.9 Å². The molecule has 0 saturated carbocycles. The Bertz CT molecular complexity index is 1590. The van der Waals surface area contributed by atoms with Gasteiger partial charge in [-0.25, -0.2) is 17.2 Å². The van der Waals surface area contributed by atoms with Crippen LogP contribution in [0.25, 0.3) is 5.69 Å². The van der Waals surface area contributed by atoms with Crippen LogP contribution in [0.2, 0.25) is 0 Å². The molecule has 8 nitrogen and oxygen atoms in total. The molecule has 0 aliphatic rings. The van der Waals surface area contributed by atoms with Gasteiger partial charge in [0.25, 0.3) is 21.5 Å². The number of hydrogen-bond acceptors (Lipinski definition) is 5. The Morgan fingerprint density at radius 3 is 2.37 bits per heavy atom. The molecule has 178 valence electrons. The van der Waals surface area contributed by atoms with Crippen LogP contribution in [-0.2, 0) is 10.0 Å². The first-order valence-corrected chi connectivity index (χ1v) is 11.7. The molecule has 0 aliphatic carbocycles. The van der Waals surface area contributed by atoms with Crippen molar-refractivity contribution in [3.8, 4) is 5.69 Å². The second-order valence-corrected chi connectivity index (χ2v) is 9.12. The zero-order valence-corrected chi connectivity index (χ0v) is 19.0. The van der Waals surface area contributed by atoms with Crippen LogP contribution in [0.4, 0.5) is 20.2 Å². The van der Waals surface area contributed by atoms with Crippen molar-refractivity contribution < 1.29 is 22.0 Å². The molecule has 11 heteroatoms. The molecule has 0 unspecified atom stereocenters. The van der Waals surface area contributed by atoms with Gasteiger partial charge in [-0.1, -0.05) is 18.2 Å². The maximum atomic E-state index is 13.9. The summed E-state index contributed by atoms with van der Waals surface area (Å²) < 4.78 is 56.0. The van der Waals surface area contributed by atoms with Gasteiger partial charge in [-0.3, -0.25) is 14.3 Å². The Balaban J connectivity index is 1.61. The number of carbonyl (C=O) groups excluding carboxylic acids is 1. The minimum absolute atomic E-state index is 0.135. The molecule has 0 bridgehead atoms. The SMILES string of the molecule is Cc1ccc(NC(=O)c2ccc(=O)n(-c3ccc(F)cc3)n2)cc1S(=O)(=O)Nc1ccccc1F. The Kier molecular flexibility index (Phi) is 6.43. The first-order valence-electron chi connectivity index (χ1n) is 10.2. The Morgan fingerprint density at radius 2 is 1.66 bits per heavy atom. The van der Waals surface area contributed by atoms with Gasteiger partial charge in [-0.2, -0.15) is 9.78 Å².